The fourth-order valence-electron chi connectivity index (χ4n) is 5.04. The van der Waals surface area contributed by atoms with Crippen molar-refractivity contribution in [2.75, 3.05) is 18.4 Å². The molecule has 4 aromatic rings. The van der Waals surface area contributed by atoms with E-state index in [0.717, 1.165) is 28.4 Å². The van der Waals surface area contributed by atoms with Crippen molar-refractivity contribution >= 4 is 33.4 Å². The van der Waals surface area contributed by atoms with Gasteiger partial charge < -0.3 is 14.8 Å². The molecule has 1 aliphatic rings. The van der Waals surface area contributed by atoms with E-state index >= 15 is 0 Å². The molecule has 198 valence electrons. The van der Waals surface area contributed by atoms with E-state index in [1.807, 2.05) is 65.6 Å². The lowest BCUT2D eigenvalue weighted by Crippen LogP contribution is -2.37. The van der Waals surface area contributed by atoms with Gasteiger partial charge in [-0.25, -0.2) is 0 Å². The standard InChI is InChI=1S/C32H30BrN3O3/c1-22(36-18-3-2-7-30(36)37)31(38)34-29-14-12-23(13-15-29)25-16-19-35(20-17-25)32(39)26-10-8-24(9-11-26)27-5-4-6-28(33)21-27/h2-15,18,21-22,25H,16-17,19-20H2,1H3,(H,34,38). The lowest BCUT2D eigenvalue weighted by atomic mass is 9.89. The Labute approximate surface area is 236 Å². The summed E-state index contributed by atoms with van der Waals surface area (Å²) in [6.45, 7) is 3.12. The number of halogens is 1. The molecule has 0 saturated carbocycles. The molecule has 1 atom stereocenters. The number of aromatic nitrogens is 1. The van der Waals surface area contributed by atoms with Crippen LogP contribution in [0.5, 0.6) is 0 Å². The lowest BCUT2D eigenvalue weighted by molar-refractivity contribution is -0.118. The SMILES string of the molecule is CC(C(=O)Nc1ccc(C2CCN(C(=O)c3ccc(-c4cccc(Br)c4)cc3)CC2)cc1)n1ccccc1=O. The van der Waals surface area contributed by atoms with Gasteiger partial charge in [-0.3, -0.25) is 14.4 Å². The maximum atomic E-state index is 13.1. The van der Waals surface area contributed by atoms with Crippen LogP contribution in [0.3, 0.4) is 0 Å². The van der Waals surface area contributed by atoms with Gasteiger partial charge >= 0.3 is 0 Å². The average molecular weight is 585 g/mol. The summed E-state index contributed by atoms with van der Waals surface area (Å²) < 4.78 is 2.44. The van der Waals surface area contributed by atoms with Gasteiger partial charge in [0, 0.05) is 41.1 Å². The molecule has 5 rings (SSSR count). The number of nitrogens with one attached hydrogen (secondary N) is 1. The summed E-state index contributed by atoms with van der Waals surface area (Å²) >= 11 is 3.51. The number of piperidine rings is 1. The molecule has 0 aliphatic carbocycles. The summed E-state index contributed by atoms with van der Waals surface area (Å²) in [7, 11) is 0. The number of nitrogens with zero attached hydrogens (tertiary/aromatic N) is 2. The summed E-state index contributed by atoms with van der Waals surface area (Å²) in [4.78, 5) is 39.7. The monoisotopic (exact) mass is 583 g/mol. The maximum Gasteiger partial charge on any atom is 0.253 e. The van der Waals surface area contributed by atoms with Crippen LogP contribution >= 0.6 is 15.9 Å². The minimum atomic E-state index is -0.614. The molecule has 1 unspecified atom stereocenters. The van der Waals surface area contributed by atoms with E-state index in [9.17, 15) is 14.4 Å². The number of amides is 2. The van der Waals surface area contributed by atoms with E-state index in [1.54, 1.807) is 25.3 Å². The zero-order valence-electron chi connectivity index (χ0n) is 21.7. The summed E-state index contributed by atoms with van der Waals surface area (Å²) in [6.07, 6.45) is 3.40. The van der Waals surface area contributed by atoms with Crippen LogP contribution in [-0.4, -0.2) is 34.4 Å². The van der Waals surface area contributed by atoms with Gasteiger partial charge in [0.2, 0.25) is 5.91 Å². The first-order valence-electron chi connectivity index (χ1n) is 13.1. The third-order valence-corrected chi connectivity index (χ3v) is 7.86. The summed E-state index contributed by atoms with van der Waals surface area (Å²) in [5.74, 6) is 0.186. The van der Waals surface area contributed by atoms with E-state index in [2.05, 4.69) is 33.4 Å². The predicted octanol–water partition coefficient (Wildman–Crippen LogP) is 6.50. The largest absolute Gasteiger partial charge is 0.339 e. The number of carbonyl (C=O) groups excluding carboxylic acids is 2. The van der Waals surface area contributed by atoms with Crippen LogP contribution in [0.15, 0.2) is 106 Å². The van der Waals surface area contributed by atoms with E-state index in [0.29, 0.717) is 30.3 Å². The Morgan fingerprint density at radius 1 is 0.872 bits per heavy atom. The van der Waals surface area contributed by atoms with Crippen LogP contribution in [0.2, 0.25) is 0 Å². The fraction of sp³-hybridized carbons (Fsp3) is 0.219. The van der Waals surface area contributed by atoms with Gasteiger partial charge in [0.1, 0.15) is 6.04 Å². The highest BCUT2D eigenvalue weighted by Gasteiger charge is 2.25. The van der Waals surface area contributed by atoms with Gasteiger partial charge in [-0.2, -0.15) is 0 Å². The number of anilines is 1. The number of hydrogen-bond acceptors (Lipinski definition) is 3. The van der Waals surface area contributed by atoms with Crippen LogP contribution in [-0.2, 0) is 4.79 Å². The molecule has 1 saturated heterocycles. The van der Waals surface area contributed by atoms with Gasteiger partial charge in [-0.05, 0) is 84.8 Å². The van der Waals surface area contributed by atoms with Crippen LogP contribution in [0.1, 0.15) is 47.6 Å². The topological polar surface area (TPSA) is 71.4 Å². The van der Waals surface area contributed by atoms with Crippen molar-refractivity contribution in [2.45, 2.75) is 31.7 Å². The Morgan fingerprint density at radius 2 is 1.59 bits per heavy atom. The summed E-state index contributed by atoms with van der Waals surface area (Å²) in [6, 6.07) is 28.0. The fourth-order valence-corrected chi connectivity index (χ4v) is 5.44. The number of hydrogen-bond donors (Lipinski definition) is 1. The molecule has 2 heterocycles. The summed E-state index contributed by atoms with van der Waals surface area (Å²) in [5, 5.41) is 2.90. The first-order chi connectivity index (χ1) is 18.9. The van der Waals surface area contributed by atoms with Crippen LogP contribution < -0.4 is 10.9 Å². The molecule has 1 aliphatic heterocycles. The molecule has 39 heavy (non-hydrogen) atoms. The molecule has 2 amide bonds. The van der Waals surface area contributed by atoms with Crippen molar-refractivity contribution in [3.05, 3.63) is 123 Å². The molecule has 1 N–H and O–H groups in total. The van der Waals surface area contributed by atoms with E-state index in [-0.39, 0.29) is 17.4 Å². The second-order valence-corrected chi connectivity index (χ2v) is 10.8. The van der Waals surface area contributed by atoms with Gasteiger partial charge in [0.25, 0.3) is 11.5 Å². The van der Waals surface area contributed by atoms with Crippen molar-refractivity contribution in [2.24, 2.45) is 0 Å². The molecule has 0 spiro atoms. The summed E-state index contributed by atoms with van der Waals surface area (Å²) in [5.41, 5.74) is 4.58. The second kappa shape index (κ2) is 11.8. The van der Waals surface area contributed by atoms with Crippen molar-refractivity contribution in [1.29, 1.82) is 0 Å². The van der Waals surface area contributed by atoms with Gasteiger partial charge in [0.15, 0.2) is 0 Å². The van der Waals surface area contributed by atoms with Crippen molar-refractivity contribution in [3.63, 3.8) is 0 Å². The number of carbonyl (C=O) groups is 2. The van der Waals surface area contributed by atoms with Crippen LogP contribution in [0.25, 0.3) is 11.1 Å². The average Bonchev–Trinajstić information content (AvgIpc) is 2.97. The molecule has 7 heteroatoms. The molecule has 6 nitrogen and oxygen atoms in total. The Bertz CT molecular complexity index is 1520. The zero-order valence-corrected chi connectivity index (χ0v) is 23.3. The third kappa shape index (κ3) is 6.20. The number of likely N-dealkylation sites (tertiary alicyclic amines) is 1. The Morgan fingerprint density at radius 3 is 2.26 bits per heavy atom. The van der Waals surface area contributed by atoms with Gasteiger partial charge in [-0.15, -0.1) is 0 Å². The highest BCUT2D eigenvalue weighted by molar-refractivity contribution is 9.10. The van der Waals surface area contributed by atoms with Crippen LogP contribution in [0.4, 0.5) is 5.69 Å². The minimum Gasteiger partial charge on any atom is -0.339 e. The van der Waals surface area contributed by atoms with E-state index in [1.165, 1.54) is 16.2 Å². The van der Waals surface area contributed by atoms with Gasteiger partial charge in [-0.1, -0.05) is 58.4 Å². The molecular formula is C32H30BrN3O3. The Balaban J connectivity index is 1.15. The highest BCUT2D eigenvalue weighted by atomic mass is 79.9. The molecule has 0 radical (unpaired) electrons. The number of benzene rings is 3. The van der Waals surface area contributed by atoms with E-state index < -0.39 is 6.04 Å². The van der Waals surface area contributed by atoms with Crippen LogP contribution in [0, 0.1) is 0 Å². The number of pyridine rings is 1. The molecular weight excluding hydrogens is 554 g/mol. The molecule has 1 fully saturated rings. The van der Waals surface area contributed by atoms with Crippen molar-refractivity contribution < 1.29 is 9.59 Å². The second-order valence-electron chi connectivity index (χ2n) is 9.89. The Kier molecular flexibility index (Phi) is 8.07. The smallest absolute Gasteiger partial charge is 0.253 e. The van der Waals surface area contributed by atoms with E-state index in [4.69, 9.17) is 0 Å². The first kappa shape index (κ1) is 26.6. The molecule has 1 aromatic heterocycles. The third-order valence-electron chi connectivity index (χ3n) is 7.37. The van der Waals surface area contributed by atoms with Crippen molar-refractivity contribution in [3.8, 4) is 11.1 Å². The first-order valence-corrected chi connectivity index (χ1v) is 13.9. The predicted molar refractivity (Wildman–Crippen MR) is 158 cm³/mol. The van der Waals surface area contributed by atoms with Crippen molar-refractivity contribution in [1.82, 2.24) is 9.47 Å². The highest BCUT2D eigenvalue weighted by Crippen LogP contribution is 2.30. The lowest BCUT2D eigenvalue weighted by Gasteiger charge is -2.32. The maximum absolute atomic E-state index is 13.1. The Hall–Kier alpha value is -3.97. The minimum absolute atomic E-state index is 0.0685. The zero-order chi connectivity index (χ0) is 27.4. The molecule has 3 aromatic carbocycles. The normalized spacial score (nSPS) is 14.6. The quantitative estimate of drug-likeness (QED) is 0.282. The van der Waals surface area contributed by atoms with Gasteiger partial charge in [0.05, 0.1) is 0 Å². The number of rotatable bonds is 6. The molecule has 0 bridgehead atoms.